The zero-order valence-corrected chi connectivity index (χ0v) is 7.12. The van der Waals surface area contributed by atoms with Crippen LogP contribution >= 0.6 is 0 Å². The summed E-state index contributed by atoms with van der Waals surface area (Å²) in [5.74, 6) is 0.572. The monoisotopic (exact) mass is 181 g/mol. The zero-order valence-electron chi connectivity index (χ0n) is 7.12. The predicted octanol–water partition coefficient (Wildman–Crippen LogP) is 2.33. The van der Waals surface area contributed by atoms with Crippen LogP contribution in [0.5, 0.6) is 0 Å². The molecule has 72 valence electrons. The Balaban J connectivity index is 2.23. The molecule has 0 aromatic rings. The van der Waals surface area contributed by atoms with Gasteiger partial charge in [0.2, 0.25) is 0 Å². The van der Waals surface area contributed by atoms with E-state index in [-0.39, 0.29) is 6.42 Å². The van der Waals surface area contributed by atoms with Crippen LogP contribution in [0.1, 0.15) is 25.7 Å². The Labute approximate surface area is 70.3 Å². The van der Waals surface area contributed by atoms with Crippen LogP contribution in [0.3, 0.4) is 0 Å². The summed E-state index contributed by atoms with van der Waals surface area (Å²) in [6, 6.07) is -1.31. The van der Waals surface area contributed by atoms with Gasteiger partial charge in [-0.2, -0.15) is 13.2 Å². The molecule has 1 aliphatic rings. The Morgan fingerprint density at radius 3 is 2.33 bits per heavy atom. The molecule has 1 nitrogen and oxygen atoms in total. The van der Waals surface area contributed by atoms with E-state index in [2.05, 4.69) is 5.32 Å². The molecule has 0 spiro atoms. The van der Waals surface area contributed by atoms with Crippen LogP contribution in [0.15, 0.2) is 0 Å². The van der Waals surface area contributed by atoms with Crippen molar-refractivity contribution >= 4 is 0 Å². The maximum absolute atomic E-state index is 12.1. The van der Waals surface area contributed by atoms with Crippen LogP contribution < -0.4 is 5.32 Å². The van der Waals surface area contributed by atoms with Crippen molar-refractivity contribution in [2.45, 2.75) is 37.9 Å². The van der Waals surface area contributed by atoms with Crippen molar-refractivity contribution in [1.82, 2.24) is 5.32 Å². The lowest BCUT2D eigenvalue weighted by atomic mass is 10.1. The first-order valence-electron chi connectivity index (χ1n) is 4.28. The maximum Gasteiger partial charge on any atom is 0.403 e. The molecule has 4 heteroatoms. The highest BCUT2D eigenvalue weighted by atomic mass is 19.4. The Bertz CT molecular complexity index is 140. The van der Waals surface area contributed by atoms with E-state index < -0.39 is 12.2 Å². The topological polar surface area (TPSA) is 12.0 Å². The third kappa shape index (κ3) is 3.01. The minimum Gasteiger partial charge on any atom is -0.309 e. The number of hydrogen-bond acceptors (Lipinski definition) is 1. The first kappa shape index (κ1) is 9.84. The summed E-state index contributed by atoms with van der Waals surface area (Å²) in [5.41, 5.74) is 0. The van der Waals surface area contributed by atoms with E-state index in [1.807, 2.05) is 0 Å². The van der Waals surface area contributed by atoms with E-state index in [9.17, 15) is 13.2 Å². The molecule has 0 bridgehead atoms. The second-order valence-electron chi connectivity index (χ2n) is 3.40. The summed E-state index contributed by atoms with van der Waals surface area (Å²) < 4.78 is 36.4. The molecule has 0 radical (unpaired) electrons. The zero-order chi connectivity index (χ0) is 9.19. The average Bonchev–Trinajstić information content (AvgIpc) is 2.69. The van der Waals surface area contributed by atoms with Crippen LogP contribution in [0.25, 0.3) is 0 Å². The molecule has 0 aromatic carbocycles. The van der Waals surface area contributed by atoms with Crippen molar-refractivity contribution in [3.8, 4) is 0 Å². The van der Waals surface area contributed by atoms with Gasteiger partial charge in [0, 0.05) is 0 Å². The van der Waals surface area contributed by atoms with Crippen molar-refractivity contribution < 1.29 is 13.2 Å². The molecule has 1 atom stereocenters. The molecule has 1 fully saturated rings. The highest BCUT2D eigenvalue weighted by molar-refractivity contribution is 4.79. The van der Waals surface area contributed by atoms with Gasteiger partial charge in [-0.3, -0.25) is 0 Å². The lowest BCUT2D eigenvalue weighted by molar-refractivity contribution is -0.156. The standard InChI is InChI=1S/C8H14F3N/c1-12-7(8(9,10)11)5-4-6-2-3-6/h6-7,12H,2-5H2,1H3. The van der Waals surface area contributed by atoms with Gasteiger partial charge in [-0.1, -0.05) is 12.8 Å². The quantitative estimate of drug-likeness (QED) is 0.701. The number of halogens is 3. The number of rotatable bonds is 4. The van der Waals surface area contributed by atoms with Crippen LogP contribution in [-0.2, 0) is 0 Å². The largest absolute Gasteiger partial charge is 0.403 e. The molecule has 1 unspecified atom stereocenters. The van der Waals surface area contributed by atoms with Gasteiger partial charge in [0.25, 0.3) is 0 Å². The molecule has 0 amide bonds. The second kappa shape index (κ2) is 3.64. The van der Waals surface area contributed by atoms with Crippen LogP contribution in [0.2, 0.25) is 0 Å². The molecule has 0 aliphatic heterocycles. The normalized spacial score (nSPS) is 21.0. The SMILES string of the molecule is CNC(CCC1CC1)C(F)(F)F. The fourth-order valence-corrected chi connectivity index (χ4v) is 1.28. The molecular formula is C8H14F3N. The van der Waals surface area contributed by atoms with Crippen LogP contribution in [0.4, 0.5) is 13.2 Å². The van der Waals surface area contributed by atoms with Gasteiger partial charge in [-0.25, -0.2) is 0 Å². The molecule has 12 heavy (non-hydrogen) atoms. The second-order valence-corrected chi connectivity index (χ2v) is 3.40. The van der Waals surface area contributed by atoms with Crippen molar-refractivity contribution in [3.63, 3.8) is 0 Å². The fourth-order valence-electron chi connectivity index (χ4n) is 1.28. The molecule has 1 saturated carbocycles. The summed E-state index contributed by atoms with van der Waals surface area (Å²) in [6.45, 7) is 0. The van der Waals surface area contributed by atoms with Gasteiger partial charge < -0.3 is 5.32 Å². The summed E-state index contributed by atoms with van der Waals surface area (Å²) in [4.78, 5) is 0. The lowest BCUT2D eigenvalue weighted by Crippen LogP contribution is -2.40. The Morgan fingerprint density at radius 1 is 1.42 bits per heavy atom. The summed E-state index contributed by atoms with van der Waals surface area (Å²) in [5, 5.41) is 2.30. The van der Waals surface area contributed by atoms with E-state index in [0.29, 0.717) is 12.3 Å². The number of hydrogen-bond donors (Lipinski definition) is 1. The summed E-state index contributed by atoms with van der Waals surface area (Å²) in [6.07, 6.45) is -0.901. The first-order chi connectivity index (χ1) is 5.54. The molecule has 0 aromatic heterocycles. The fraction of sp³-hybridized carbons (Fsp3) is 1.00. The Hall–Kier alpha value is -0.250. The number of alkyl halides is 3. The predicted molar refractivity (Wildman–Crippen MR) is 40.9 cm³/mol. The van der Waals surface area contributed by atoms with Crippen molar-refractivity contribution in [3.05, 3.63) is 0 Å². The van der Waals surface area contributed by atoms with Crippen molar-refractivity contribution in [2.24, 2.45) is 5.92 Å². The van der Waals surface area contributed by atoms with Crippen molar-refractivity contribution in [1.29, 1.82) is 0 Å². The van der Waals surface area contributed by atoms with E-state index in [1.165, 1.54) is 7.05 Å². The van der Waals surface area contributed by atoms with Gasteiger partial charge in [0.15, 0.2) is 0 Å². The molecular weight excluding hydrogens is 167 g/mol. The van der Waals surface area contributed by atoms with E-state index in [0.717, 1.165) is 12.8 Å². The molecule has 1 rings (SSSR count). The smallest absolute Gasteiger partial charge is 0.309 e. The van der Waals surface area contributed by atoms with Gasteiger partial charge in [-0.15, -0.1) is 0 Å². The molecule has 0 heterocycles. The minimum atomic E-state index is -4.08. The van der Waals surface area contributed by atoms with E-state index >= 15 is 0 Å². The number of nitrogens with one attached hydrogen (secondary N) is 1. The Kier molecular flexibility index (Phi) is 2.99. The van der Waals surface area contributed by atoms with Gasteiger partial charge in [0.05, 0.1) is 0 Å². The maximum atomic E-state index is 12.1. The third-order valence-corrected chi connectivity index (χ3v) is 2.30. The lowest BCUT2D eigenvalue weighted by Gasteiger charge is -2.18. The van der Waals surface area contributed by atoms with Gasteiger partial charge >= 0.3 is 6.18 Å². The first-order valence-corrected chi connectivity index (χ1v) is 4.28. The summed E-state index contributed by atoms with van der Waals surface area (Å²) in [7, 11) is 1.37. The van der Waals surface area contributed by atoms with Gasteiger partial charge in [-0.05, 0) is 25.8 Å². The van der Waals surface area contributed by atoms with Crippen LogP contribution in [-0.4, -0.2) is 19.3 Å². The summed E-state index contributed by atoms with van der Waals surface area (Å²) >= 11 is 0. The van der Waals surface area contributed by atoms with Gasteiger partial charge in [0.1, 0.15) is 6.04 Å². The molecule has 0 saturated heterocycles. The highest BCUT2D eigenvalue weighted by Gasteiger charge is 2.38. The Morgan fingerprint density at radius 2 is 2.00 bits per heavy atom. The highest BCUT2D eigenvalue weighted by Crippen LogP contribution is 2.35. The van der Waals surface area contributed by atoms with Crippen molar-refractivity contribution in [2.75, 3.05) is 7.05 Å². The third-order valence-electron chi connectivity index (χ3n) is 2.30. The molecule has 1 N–H and O–H groups in total. The van der Waals surface area contributed by atoms with E-state index in [4.69, 9.17) is 0 Å². The minimum absolute atomic E-state index is 0.227. The molecule has 1 aliphatic carbocycles. The van der Waals surface area contributed by atoms with E-state index in [1.54, 1.807) is 0 Å². The van der Waals surface area contributed by atoms with Crippen LogP contribution in [0, 0.1) is 5.92 Å². The average molecular weight is 181 g/mol.